The van der Waals surface area contributed by atoms with Gasteiger partial charge in [-0.15, -0.1) is 11.3 Å². The van der Waals surface area contributed by atoms with Crippen molar-refractivity contribution in [3.8, 4) is 16.3 Å². The van der Waals surface area contributed by atoms with Crippen LogP contribution in [-0.2, 0) is 0 Å². The van der Waals surface area contributed by atoms with Gasteiger partial charge in [0, 0.05) is 29.2 Å². The molecule has 1 aliphatic heterocycles. The van der Waals surface area contributed by atoms with Gasteiger partial charge in [-0.1, -0.05) is 6.07 Å². The van der Waals surface area contributed by atoms with Crippen molar-refractivity contribution in [2.75, 3.05) is 13.1 Å². The summed E-state index contributed by atoms with van der Waals surface area (Å²) in [5, 5.41) is 5.35. The van der Waals surface area contributed by atoms with Crippen LogP contribution in [0, 0.1) is 0 Å². The van der Waals surface area contributed by atoms with Crippen molar-refractivity contribution < 1.29 is 4.74 Å². The molecule has 17 heavy (non-hydrogen) atoms. The molecule has 0 radical (unpaired) electrons. The fourth-order valence-corrected chi connectivity index (χ4v) is 2.66. The van der Waals surface area contributed by atoms with Crippen LogP contribution in [-0.4, -0.2) is 24.2 Å². The number of rotatable bonds is 3. The molecule has 1 aliphatic rings. The summed E-state index contributed by atoms with van der Waals surface area (Å²) in [6.07, 6.45) is 3.22. The number of nitrogens with one attached hydrogen (secondary N) is 1. The lowest BCUT2D eigenvalue weighted by Crippen LogP contribution is -2.19. The SMILES string of the molecule is c1csc(-c2ccc(OC3CCNC3)nc2)c1. The summed E-state index contributed by atoms with van der Waals surface area (Å²) in [7, 11) is 0. The van der Waals surface area contributed by atoms with E-state index < -0.39 is 0 Å². The van der Waals surface area contributed by atoms with Crippen LogP contribution < -0.4 is 10.1 Å². The molecule has 0 saturated carbocycles. The van der Waals surface area contributed by atoms with Gasteiger partial charge in [-0.2, -0.15) is 0 Å². The van der Waals surface area contributed by atoms with Gasteiger partial charge in [-0.25, -0.2) is 4.98 Å². The second-order valence-electron chi connectivity index (χ2n) is 4.10. The van der Waals surface area contributed by atoms with E-state index in [0.29, 0.717) is 0 Å². The van der Waals surface area contributed by atoms with Gasteiger partial charge in [0.05, 0.1) is 0 Å². The fourth-order valence-electron chi connectivity index (χ4n) is 1.94. The molecular formula is C13H14N2OS. The van der Waals surface area contributed by atoms with Gasteiger partial charge >= 0.3 is 0 Å². The molecule has 0 bridgehead atoms. The van der Waals surface area contributed by atoms with Gasteiger partial charge in [0.15, 0.2) is 0 Å². The summed E-state index contributed by atoms with van der Waals surface area (Å²) >= 11 is 1.72. The first kappa shape index (κ1) is 10.7. The molecule has 0 amide bonds. The molecule has 3 nitrogen and oxygen atoms in total. The Morgan fingerprint density at radius 3 is 3.00 bits per heavy atom. The van der Waals surface area contributed by atoms with Crippen LogP contribution in [0.1, 0.15) is 6.42 Å². The van der Waals surface area contributed by atoms with E-state index in [1.807, 2.05) is 12.3 Å². The van der Waals surface area contributed by atoms with Gasteiger partial charge in [0.1, 0.15) is 6.10 Å². The maximum atomic E-state index is 5.78. The highest BCUT2D eigenvalue weighted by molar-refractivity contribution is 7.13. The largest absolute Gasteiger partial charge is 0.473 e. The van der Waals surface area contributed by atoms with E-state index in [4.69, 9.17) is 4.74 Å². The van der Waals surface area contributed by atoms with Crippen molar-refractivity contribution in [3.05, 3.63) is 35.8 Å². The second kappa shape index (κ2) is 4.85. The number of hydrogen-bond donors (Lipinski definition) is 1. The van der Waals surface area contributed by atoms with Gasteiger partial charge in [-0.05, 0) is 30.5 Å². The molecule has 1 fully saturated rings. The van der Waals surface area contributed by atoms with E-state index in [-0.39, 0.29) is 6.10 Å². The Hall–Kier alpha value is -1.39. The number of thiophene rings is 1. The van der Waals surface area contributed by atoms with Crippen LogP contribution >= 0.6 is 11.3 Å². The van der Waals surface area contributed by atoms with E-state index in [9.17, 15) is 0 Å². The summed E-state index contributed by atoms with van der Waals surface area (Å²) in [4.78, 5) is 5.60. The minimum atomic E-state index is 0.273. The highest BCUT2D eigenvalue weighted by Crippen LogP contribution is 2.25. The average molecular weight is 246 g/mol. The zero-order valence-electron chi connectivity index (χ0n) is 9.43. The zero-order valence-corrected chi connectivity index (χ0v) is 10.2. The second-order valence-corrected chi connectivity index (χ2v) is 5.04. The van der Waals surface area contributed by atoms with Crippen molar-refractivity contribution in [1.82, 2.24) is 10.3 Å². The smallest absolute Gasteiger partial charge is 0.213 e. The maximum Gasteiger partial charge on any atom is 0.213 e. The molecule has 1 N–H and O–H groups in total. The number of nitrogens with zero attached hydrogens (tertiary/aromatic N) is 1. The lowest BCUT2D eigenvalue weighted by atomic mass is 10.2. The van der Waals surface area contributed by atoms with Crippen LogP contribution in [0.25, 0.3) is 10.4 Å². The summed E-state index contributed by atoms with van der Waals surface area (Å²) < 4.78 is 5.78. The number of hydrogen-bond acceptors (Lipinski definition) is 4. The molecule has 1 unspecified atom stereocenters. The molecule has 0 spiro atoms. The third-order valence-corrected chi connectivity index (χ3v) is 3.76. The van der Waals surface area contributed by atoms with Crippen LogP contribution in [0.2, 0.25) is 0 Å². The van der Waals surface area contributed by atoms with Crippen LogP contribution in [0.3, 0.4) is 0 Å². The van der Waals surface area contributed by atoms with Crippen molar-refractivity contribution in [2.24, 2.45) is 0 Å². The Balaban J connectivity index is 1.71. The Morgan fingerprint density at radius 2 is 2.35 bits per heavy atom. The minimum absolute atomic E-state index is 0.273. The molecule has 88 valence electrons. The quantitative estimate of drug-likeness (QED) is 0.903. The lowest BCUT2D eigenvalue weighted by Gasteiger charge is -2.11. The molecule has 4 heteroatoms. The van der Waals surface area contributed by atoms with Crippen molar-refractivity contribution in [1.29, 1.82) is 0 Å². The Kier molecular flexibility index (Phi) is 3.07. The minimum Gasteiger partial charge on any atom is -0.473 e. The fraction of sp³-hybridized carbons (Fsp3) is 0.308. The molecule has 3 heterocycles. The number of pyridine rings is 1. The van der Waals surface area contributed by atoms with Gasteiger partial charge in [0.2, 0.25) is 5.88 Å². The summed E-state index contributed by atoms with van der Waals surface area (Å²) in [6, 6.07) is 8.17. The first-order valence-corrected chi connectivity index (χ1v) is 6.67. The number of aromatic nitrogens is 1. The van der Waals surface area contributed by atoms with E-state index >= 15 is 0 Å². The summed E-state index contributed by atoms with van der Waals surface area (Å²) in [6.45, 7) is 1.96. The van der Waals surface area contributed by atoms with E-state index in [2.05, 4.69) is 33.9 Å². The highest BCUT2D eigenvalue weighted by Gasteiger charge is 2.16. The summed E-state index contributed by atoms with van der Waals surface area (Å²) in [5.41, 5.74) is 1.15. The molecule has 0 aromatic carbocycles. The van der Waals surface area contributed by atoms with Gasteiger partial charge < -0.3 is 10.1 Å². The Labute approximate surface area is 104 Å². The van der Waals surface area contributed by atoms with Crippen LogP contribution in [0.5, 0.6) is 5.88 Å². The lowest BCUT2D eigenvalue weighted by molar-refractivity contribution is 0.214. The molecule has 2 aromatic heterocycles. The zero-order chi connectivity index (χ0) is 11.5. The highest BCUT2D eigenvalue weighted by atomic mass is 32.1. The Bertz CT molecular complexity index is 461. The van der Waals surface area contributed by atoms with Crippen LogP contribution in [0.15, 0.2) is 35.8 Å². The first-order chi connectivity index (χ1) is 8.42. The Morgan fingerprint density at radius 1 is 1.35 bits per heavy atom. The summed E-state index contributed by atoms with van der Waals surface area (Å²) in [5.74, 6) is 0.721. The van der Waals surface area contributed by atoms with E-state index in [1.165, 1.54) is 4.88 Å². The topological polar surface area (TPSA) is 34.1 Å². The van der Waals surface area contributed by atoms with Crippen molar-refractivity contribution in [2.45, 2.75) is 12.5 Å². The van der Waals surface area contributed by atoms with Crippen molar-refractivity contribution in [3.63, 3.8) is 0 Å². The van der Waals surface area contributed by atoms with Crippen molar-refractivity contribution >= 4 is 11.3 Å². The molecule has 3 rings (SSSR count). The third-order valence-electron chi connectivity index (χ3n) is 2.84. The third kappa shape index (κ3) is 2.48. The maximum absolute atomic E-state index is 5.78. The molecule has 0 aliphatic carbocycles. The number of ether oxygens (including phenoxy) is 1. The first-order valence-electron chi connectivity index (χ1n) is 5.79. The van der Waals surface area contributed by atoms with Gasteiger partial charge in [-0.3, -0.25) is 0 Å². The standard InChI is InChI=1S/C13H14N2OS/c1-2-12(17-7-1)10-3-4-13(15-8-10)16-11-5-6-14-9-11/h1-4,7-8,11,14H,5-6,9H2. The molecule has 1 atom stereocenters. The van der Waals surface area contributed by atoms with E-state index in [0.717, 1.165) is 31.0 Å². The predicted octanol–water partition coefficient (Wildman–Crippen LogP) is 2.55. The molecule has 2 aromatic rings. The normalized spacial score (nSPS) is 19.4. The monoisotopic (exact) mass is 246 g/mol. The molecule has 1 saturated heterocycles. The van der Waals surface area contributed by atoms with E-state index in [1.54, 1.807) is 11.3 Å². The van der Waals surface area contributed by atoms with Gasteiger partial charge in [0.25, 0.3) is 0 Å². The predicted molar refractivity (Wildman–Crippen MR) is 69.5 cm³/mol. The average Bonchev–Trinajstić information content (AvgIpc) is 3.01. The molecular weight excluding hydrogens is 232 g/mol. The van der Waals surface area contributed by atoms with Crippen LogP contribution in [0.4, 0.5) is 0 Å².